The van der Waals surface area contributed by atoms with Crippen molar-refractivity contribution < 1.29 is 0 Å². The Morgan fingerprint density at radius 2 is 1.88 bits per heavy atom. The smallest absolute Gasteiger partial charge is 0.142 e. The number of para-hydroxylation sites is 2. The van der Waals surface area contributed by atoms with E-state index in [9.17, 15) is 0 Å². The summed E-state index contributed by atoms with van der Waals surface area (Å²) in [5.74, 6) is 1.80. The van der Waals surface area contributed by atoms with E-state index in [-0.39, 0.29) is 0 Å². The van der Waals surface area contributed by atoms with Crippen LogP contribution < -0.4 is 4.90 Å². The van der Waals surface area contributed by atoms with Crippen molar-refractivity contribution in [3.8, 4) is 11.4 Å². The highest BCUT2D eigenvalue weighted by molar-refractivity contribution is 6.33. The molecule has 0 amide bonds. The molecule has 5 nitrogen and oxygen atoms in total. The number of piperazine rings is 1. The Morgan fingerprint density at radius 1 is 1.15 bits per heavy atom. The number of hydrogen-bond donors (Lipinski definition) is 0. The van der Waals surface area contributed by atoms with Gasteiger partial charge in [0.1, 0.15) is 11.6 Å². The van der Waals surface area contributed by atoms with Crippen LogP contribution in [0.1, 0.15) is 6.92 Å². The second-order valence-electron chi connectivity index (χ2n) is 6.71. The highest BCUT2D eigenvalue weighted by atomic mass is 35.5. The molecule has 0 aliphatic carbocycles. The van der Waals surface area contributed by atoms with Gasteiger partial charge in [-0.1, -0.05) is 30.3 Å². The molecule has 1 aliphatic rings. The molecule has 3 aromatic rings. The second kappa shape index (κ2) is 6.65. The molecule has 1 saturated heterocycles. The molecular formula is C20H22ClN5. The number of hydrogen-bond acceptors (Lipinski definition) is 4. The first kappa shape index (κ1) is 16.9. The zero-order valence-corrected chi connectivity index (χ0v) is 15.9. The minimum atomic E-state index is 0.618. The SMILES string of the molecule is C=C(C)N1CCN(c2cc(-c3nc4ccccc4n3C)c(Cl)cn2)CC1. The maximum absolute atomic E-state index is 6.48. The number of fused-ring (bicyclic) bond motifs is 1. The van der Waals surface area contributed by atoms with Gasteiger partial charge in [0.15, 0.2) is 0 Å². The van der Waals surface area contributed by atoms with E-state index >= 15 is 0 Å². The molecule has 2 aromatic heterocycles. The van der Waals surface area contributed by atoms with Gasteiger partial charge < -0.3 is 14.4 Å². The van der Waals surface area contributed by atoms with Crippen LogP contribution >= 0.6 is 11.6 Å². The molecule has 1 aliphatic heterocycles. The summed E-state index contributed by atoms with van der Waals surface area (Å²) in [6.45, 7) is 9.85. The minimum Gasteiger partial charge on any atom is -0.372 e. The van der Waals surface area contributed by atoms with Crippen LogP contribution in [0.3, 0.4) is 0 Å². The Hall–Kier alpha value is -2.53. The number of benzene rings is 1. The Labute approximate surface area is 158 Å². The lowest BCUT2D eigenvalue weighted by Crippen LogP contribution is -2.45. The van der Waals surface area contributed by atoms with Crippen LogP contribution in [-0.4, -0.2) is 45.6 Å². The van der Waals surface area contributed by atoms with Crippen molar-refractivity contribution in [2.45, 2.75) is 6.92 Å². The Balaban J connectivity index is 1.69. The molecule has 6 heteroatoms. The Kier molecular flexibility index (Phi) is 4.32. The zero-order valence-electron chi connectivity index (χ0n) is 15.1. The number of pyridine rings is 1. The van der Waals surface area contributed by atoms with Gasteiger partial charge in [0.05, 0.1) is 16.1 Å². The van der Waals surface area contributed by atoms with E-state index in [4.69, 9.17) is 16.6 Å². The molecule has 1 aromatic carbocycles. The summed E-state index contributed by atoms with van der Waals surface area (Å²) in [5.41, 5.74) is 4.09. The lowest BCUT2D eigenvalue weighted by atomic mass is 10.2. The number of rotatable bonds is 3. The molecule has 0 atom stereocenters. The van der Waals surface area contributed by atoms with E-state index in [1.54, 1.807) is 6.20 Å². The van der Waals surface area contributed by atoms with Gasteiger partial charge in [0, 0.05) is 50.7 Å². The molecule has 4 rings (SSSR count). The number of nitrogens with zero attached hydrogens (tertiary/aromatic N) is 5. The largest absolute Gasteiger partial charge is 0.372 e. The average molecular weight is 368 g/mol. The number of allylic oxidation sites excluding steroid dienone is 1. The maximum atomic E-state index is 6.48. The first-order chi connectivity index (χ1) is 12.5. The lowest BCUT2D eigenvalue weighted by molar-refractivity contribution is 0.322. The molecule has 3 heterocycles. The monoisotopic (exact) mass is 367 g/mol. The van der Waals surface area contributed by atoms with Gasteiger partial charge in [0.25, 0.3) is 0 Å². The van der Waals surface area contributed by atoms with Crippen molar-refractivity contribution in [1.29, 1.82) is 0 Å². The Bertz CT molecular complexity index is 969. The summed E-state index contributed by atoms with van der Waals surface area (Å²) >= 11 is 6.48. The standard InChI is InChI=1S/C20H22ClN5/c1-14(2)25-8-10-26(11-9-25)19-12-15(16(21)13-22-19)20-23-17-6-4-5-7-18(17)24(20)3/h4-7,12-13H,1,8-11H2,2-3H3. The lowest BCUT2D eigenvalue weighted by Gasteiger charge is -2.36. The van der Waals surface area contributed by atoms with E-state index < -0.39 is 0 Å². The normalized spacial score (nSPS) is 14.9. The van der Waals surface area contributed by atoms with E-state index in [1.165, 1.54) is 0 Å². The van der Waals surface area contributed by atoms with Crippen molar-refractivity contribution in [1.82, 2.24) is 19.4 Å². The fourth-order valence-electron chi connectivity index (χ4n) is 3.48. The van der Waals surface area contributed by atoms with Crippen LogP contribution in [0.5, 0.6) is 0 Å². The fourth-order valence-corrected chi connectivity index (χ4v) is 3.66. The van der Waals surface area contributed by atoms with Crippen molar-refractivity contribution in [3.63, 3.8) is 0 Å². The number of imidazole rings is 1. The topological polar surface area (TPSA) is 37.2 Å². The third-order valence-electron chi connectivity index (χ3n) is 5.01. The third-order valence-corrected chi connectivity index (χ3v) is 5.31. The van der Waals surface area contributed by atoms with Gasteiger partial charge in [-0.15, -0.1) is 0 Å². The summed E-state index contributed by atoms with van der Waals surface area (Å²) in [6, 6.07) is 10.2. The fraction of sp³-hybridized carbons (Fsp3) is 0.300. The molecule has 0 saturated carbocycles. The van der Waals surface area contributed by atoms with Gasteiger partial charge in [-0.25, -0.2) is 9.97 Å². The van der Waals surface area contributed by atoms with Crippen molar-refractivity contribution >= 4 is 28.5 Å². The van der Waals surface area contributed by atoms with Crippen molar-refractivity contribution in [2.24, 2.45) is 7.05 Å². The molecule has 0 unspecified atom stereocenters. The molecule has 0 N–H and O–H groups in total. The van der Waals surface area contributed by atoms with E-state index in [0.29, 0.717) is 5.02 Å². The summed E-state index contributed by atoms with van der Waals surface area (Å²) in [4.78, 5) is 13.9. The predicted octanol–water partition coefficient (Wildman–Crippen LogP) is 3.94. The number of anilines is 1. The van der Waals surface area contributed by atoms with E-state index in [1.807, 2.05) is 25.2 Å². The van der Waals surface area contributed by atoms with E-state index in [0.717, 1.165) is 60.1 Å². The summed E-state index contributed by atoms with van der Waals surface area (Å²) < 4.78 is 2.08. The molecular weight excluding hydrogens is 346 g/mol. The van der Waals surface area contributed by atoms with Gasteiger partial charge in [-0.3, -0.25) is 0 Å². The molecule has 0 bridgehead atoms. The molecule has 1 fully saturated rings. The second-order valence-corrected chi connectivity index (χ2v) is 7.12. The first-order valence-corrected chi connectivity index (χ1v) is 9.15. The van der Waals surface area contributed by atoms with Gasteiger partial charge in [-0.05, 0) is 25.1 Å². The zero-order chi connectivity index (χ0) is 18.3. The number of aryl methyl sites for hydroxylation is 1. The summed E-state index contributed by atoms with van der Waals surface area (Å²) in [5, 5.41) is 0.618. The van der Waals surface area contributed by atoms with Crippen LogP contribution in [0.4, 0.5) is 5.82 Å². The maximum Gasteiger partial charge on any atom is 0.142 e. The molecule has 134 valence electrons. The van der Waals surface area contributed by atoms with Gasteiger partial charge in [0.2, 0.25) is 0 Å². The minimum absolute atomic E-state index is 0.618. The highest BCUT2D eigenvalue weighted by Gasteiger charge is 2.20. The number of aromatic nitrogens is 3. The van der Waals surface area contributed by atoms with Crippen molar-refractivity contribution in [3.05, 3.63) is 53.8 Å². The van der Waals surface area contributed by atoms with Crippen LogP contribution in [0, 0.1) is 0 Å². The van der Waals surface area contributed by atoms with E-state index in [2.05, 4.69) is 45.0 Å². The predicted molar refractivity (Wildman–Crippen MR) is 108 cm³/mol. The summed E-state index contributed by atoms with van der Waals surface area (Å²) in [7, 11) is 2.02. The van der Waals surface area contributed by atoms with Crippen LogP contribution in [0.25, 0.3) is 22.4 Å². The van der Waals surface area contributed by atoms with Crippen LogP contribution in [0.2, 0.25) is 5.02 Å². The molecule has 0 radical (unpaired) electrons. The third kappa shape index (κ3) is 2.92. The van der Waals surface area contributed by atoms with Gasteiger partial charge >= 0.3 is 0 Å². The average Bonchev–Trinajstić information content (AvgIpc) is 2.99. The quantitative estimate of drug-likeness (QED) is 0.702. The highest BCUT2D eigenvalue weighted by Crippen LogP contribution is 2.32. The number of halogens is 1. The Morgan fingerprint density at radius 3 is 2.58 bits per heavy atom. The molecule has 26 heavy (non-hydrogen) atoms. The first-order valence-electron chi connectivity index (χ1n) is 8.77. The molecule has 0 spiro atoms. The van der Waals surface area contributed by atoms with Crippen molar-refractivity contribution in [2.75, 3.05) is 31.1 Å². The summed E-state index contributed by atoms with van der Waals surface area (Å²) in [6.07, 6.45) is 1.73. The van der Waals surface area contributed by atoms with Crippen LogP contribution in [0.15, 0.2) is 48.8 Å². The van der Waals surface area contributed by atoms with Crippen LogP contribution in [-0.2, 0) is 7.05 Å². The van der Waals surface area contributed by atoms with Gasteiger partial charge in [-0.2, -0.15) is 0 Å².